The molecule has 1 heterocycles. The maximum atomic E-state index is 11.6. The Bertz CT molecular complexity index is 703. The Morgan fingerprint density at radius 2 is 1.67 bits per heavy atom. The molecule has 1 aromatic rings. The first kappa shape index (κ1) is 20.4. The number of furan rings is 1. The molecule has 2 amide bonds. The van der Waals surface area contributed by atoms with E-state index in [4.69, 9.17) is 4.42 Å². The topological polar surface area (TPSA) is 96.1 Å². The predicted octanol–water partition coefficient (Wildman–Crippen LogP) is 3.45. The van der Waals surface area contributed by atoms with Crippen LogP contribution in [0.3, 0.4) is 0 Å². The number of unbranched alkanes of at least 4 members (excludes halogenated alkanes) is 4. The van der Waals surface area contributed by atoms with Crippen molar-refractivity contribution in [3.63, 3.8) is 0 Å². The van der Waals surface area contributed by atoms with Crippen molar-refractivity contribution >= 4 is 24.2 Å². The molecule has 0 aliphatic heterocycles. The van der Waals surface area contributed by atoms with Gasteiger partial charge in [-0.1, -0.05) is 37.5 Å². The number of carbonyl (C=O) groups is 2. The summed E-state index contributed by atoms with van der Waals surface area (Å²) in [6.07, 6.45) is 17.0. The summed E-state index contributed by atoms with van der Waals surface area (Å²) < 4.78 is 5.07. The van der Waals surface area contributed by atoms with Crippen LogP contribution in [0.2, 0.25) is 0 Å². The quantitative estimate of drug-likeness (QED) is 0.335. The SMILES string of the molecule is O=C(CCCCCCCC(=O)NN=Cc1ccco1)NN=CC1=CC=CC1. The number of amides is 2. The molecular weight excluding hydrogens is 344 g/mol. The highest BCUT2D eigenvalue weighted by molar-refractivity contribution is 5.83. The largest absolute Gasteiger partial charge is 0.463 e. The van der Waals surface area contributed by atoms with E-state index in [0.717, 1.165) is 44.1 Å². The monoisotopic (exact) mass is 370 g/mol. The van der Waals surface area contributed by atoms with E-state index in [-0.39, 0.29) is 11.8 Å². The van der Waals surface area contributed by atoms with Gasteiger partial charge in [0.1, 0.15) is 5.76 Å². The number of nitrogens with zero attached hydrogens (tertiary/aromatic N) is 2. The third-order valence-electron chi connectivity index (χ3n) is 3.95. The van der Waals surface area contributed by atoms with Gasteiger partial charge in [0, 0.05) is 12.8 Å². The van der Waals surface area contributed by atoms with Crippen molar-refractivity contribution in [1.82, 2.24) is 10.9 Å². The summed E-state index contributed by atoms with van der Waals surface area (Å²) in [6.45, 7) is 0. The molecule has 7 nitrogen and oxygen atoms in total. The van der Waals surface area contributed by atoms with E-state index >= 15 is 0 Å². The van der Waals surface area contributed by atoms with Crippen LogP contribution < -0.4 is 10.9 Å². The van der Waals surface area contributed by atoms with E-state index in [0.29, 0.717) is 18.6 Å². The first-order valence-electron chi connectivity index (χ1n) is 9.27. The number of hydrogen-bond acceptors (Lipinski definition) is 5. The van der Waals surface area contributed by atoms with Crippen LogP contribution in [-0.4, -0.2) is 24.2 Å². The average molecular weight is 370 g/mol. The number of carbonyl (C=O) groups excluding carboxylic acids is 2. The van der Waals surface area contributed by atoms with Gasteiger partial charge in [0.2, 0.25) is 11.8 Å². The molecule has 0 fully saturated rings. The fourth-order valence-electron chi connectivity index (χ4n) is 2.49. The van der Waals surface area contributed by atoms with Crippen LogP contribution in [-0.2, 0) is 9.59 Å². The highest BCUT2D eigenvalue weighted by Gasteiger charge is 2.02. The Morgan fingerprint density at radius 3 is 2.26 bits per heavy atom. The van der Waals surface area contributed by atoms with E-state index < -0.39 is 0 Å². The van der Waals surface area contributed by atoms with Crippen LogP contribution in [0.4, 0.5) is 0 Å². The molecule has 1 aliphatic carbocycles. The second-order valence-electron chi connectivity index (χ2n) is 6.24. The van der Waals surface area contributed by atoms with Crippen LogP contribution >= 0.6 is 0 Å². The van der Waals surface area contributed by atoms with Crippen molar-refractivity contribution in [2.45, 2.75) is 51.4 Å². The van der Waals surface area contributed by atoms with Crippen molar-refractivity contribution in [2.75, 3.05) is 0 Å². The minimum absolute atomic E-state index is 0.0633. The third-order valence-corrected chi connectivity index (χ3v) is 3.95. The summed E-state index contributed by atoms with van der Waals surface area (Å²) in [4.78, 5) is 23.3. The fraction of sp³-hybridized carbons (Fsp3) is 0.400. The minimum atomic E-state index is -0.109. The number of allylic oxidation sites excluding steroid dienone is 4. The first-order chi connectivity index (χ1) is 13.2. The van der Waals surface area contributed by atoms with E-state index in [1.165, 1.54) is 6.21 Å². The molecule has 0 unspecified atom stereocenters. The molecule has 0 aromatic carbocycles. The molecule has 2 rings (SSSR count). The van der Waals surface area contributed by atoms with Crippen molar-refractivity contribution in [2.24, 2.45) is 10.2 Å². The highest BCUT2D eigenvalue weighted by atomic mass is 16.3. The first-order valence-corrected chi connectivity index (χ1v) is 9.27. The molecule has 0 atom stereocenters. The molecular formula is C20H26N4O3. The van der Waals surface area contributed by atoms with Crippen molar-refractivity contribution in [3.05, 3.63) is 48.0 Å². The molecule has 27 heavy (non-hydrogen) atoms. The number of hydrogen-bond donors (Lipinski definition) is 2. The lowest BCUT2D eigenvalue weighted by Gasteiger charge is -2.02. The number of hydrazone groups is 2. The Labute approximate surface area is 159 Å². The molecule has 2 N–H and O–H groups in total. The lowest BCUT2D eigenvalue weighted by Crippen LogP contribution is -2.17. The number of rotatable bonds is 12. The zero-order valence-corrected chi connectivity index (χ0v) is 15.4. The second-order valence-corrected chi connectivity index (χ2v) is 6.24. The zero-order valence-electron chi connectivity index (χ0n) is 15.4. The summed E-state index contributed by atoms with van der Waals surface area (Å²) in [5, 5.41) is 7.78. The van der Waals surface area contributed by atoms with Crippen LogP contribution in [0.5, 0.6) is 0 Å². The van der Waals surface area contributed by atoms with Gasteiger partial charge in [0.05, 0.1) is 18.7 Å². The molecule has 7 heteroatoms. The van der Waals surface area contributed by atoms with Crippen LogP contribution in [0, 0.1) is 0 Å². The van der Waals surface area contributed by atoms with E-state index in [2.05, 4.69) is 21.1 Å². The standard InChI is InChI=1S/C20H26N4O3/c25-19(23-21-15-17-9-6-7-10-17)12-4-2-1-3-5-13-20(26)24-22-16-18-11-8-14-27-18/h6-9,11,14-16H,1-5,10,12-13H2,(H,23,25)(H,24,26). The molecule has 0 spiro atoms. The van der Waals surface area contributed by atoms with Gasteiger partial charge in [-0.15, -0.1) is 0 Å². The average Bonchev–Trinajstić information content (AvgIpc) is 3.35. The summed E-state index contributed by atoms with van der Waals surface area (Å²) in [5.41, 5.74) is 6.11. The second kappa shape index (κ2) is 12.4. The lowest BCUT2D eigenvalue weighted by molar-refractivity contribution is -0.121. The van der Waals surface area contributed by atoms with Gasteiger partial charge < -0.3 is 4.42 Å². The van der Waals surface area contributed by atoms with Crippen molar-refractivity contribution in [1.29, 1.82) is 0 Å². The molecule has 0 radical (unpaired) electrons. The maximum absolute atomic E-state index is 11.6. The highest BCUT2D eigenvalue weighted by Crippen LogP contribution is 2.08. The van der Waals surface area contributed by atoms with Gasteiger partial charge in [-0.25, -0.2) is 10.9 Å². The summed E-state index contributed by atoms with van der Waals surface area (Å²) in [5.74, 6) is 0.423. The normalized spacial score (nSPS) is 13.4. The van der Waals surface area contributed by atoms with Gasteiger partial charge in [-0.3, -0.25) is 9.59 Å². The molecule has 0 saturated carbocycles. The van der Waals surface area contributed by atoms with Gasteiger partial charge in [0.15, 0.2) is 0 Å². The van der Waals surface area contributed by atoms with Gasteiger partial charge >= 0.3 is 0 Å². The summed E-state index contributed by atoms with van der Waals surface area (Å²) in [6, 6.07) is 3.51. The lowest BCUT2D eigenvalue weighted by atomic mass is 10.1. The van der Waals surface area contributed by atoms with Crippen LogP contribution in [0.15, 0.2) is 56.8 Å². The fourth-order valence-corrected chi connectivity index (χ4v) is 2.49. The Balaban J connectivity index is 1.40. The minimum Gasteiger partial charge on any atom is -0.463 e. The molecule has 0 saturated heterocycles. The maximum Gasteiger partial charge on any atom is 0.240 e. The van der Waals surface area contributed by atoms with Crippen LogP contribution in [0.1, 0.15) is 57.1 Å². The smallest absolute Gasteiger partial charge is 0.240 e. The van der Waals surface area contributed by atoms with Gasteiger partial charge in [-0.05, 0) is 37.0 Å². The van der Waals surface area contributed by atoms with Gasteiger partial charge in [0.25, 0.3) is 0 Å². The van der Waals surface area contributed by atoms with Gasteiger partial charge in [-0.2, -0.15) is 10.2 Å². The van der Waals surface area contributed by atoms with E-state index in [9.17, 15) is 9.59 Å². The third kappa shape index (κ3) is 9.34. The Morgan fingerprint density at radius 1 is 1.00 bits per heavy atom. The van der Waals surface area contributed by atoms with Crippen molar-refractivity contribution in [3.8, 4) is 0 Å². The Hall–Kier alpha value is -2.96. The Kier molecular flexibility index (Phi) is 9.35. The number of nitrogens with one attached hydrogen (secondary N) is 2. The van der Waals surface area contributed by atoms with E-state index in [1.54, 1.807) is 24.6 Å². The van der Waals surface area contributed by atoms with Crippen molar-refractivity contribution < 1.29 is 14.0 Å². The molecule has 0 bridgehead atoms. The molecule has 1 aliphatic rings. The van der Waals surface area contributed by atoms with Crippen LogP contribution in [0.25, 0.3) is 0 Å². The summed E-state index contributed by atoms with van der Waals surface area (Å²) >= 11 is 0. The molecule has 144 valence electrons. The zero-order chi connectivity index (χ0) is 19.2. The molecule has 1 aromatic heterocycles. The summed E-state index contributed by atoms with van der Waals surface area (Å²) in [7, 11) is 0. The predicted molar refractivity (Wildman–Crippen MR) is 105 cm³/mol. The van der Waals surface area contributed by atoms with E-state index in [1.807, 2.05) is 18.2 Å².